The van der Waals surface area contributed by atoms with Crippen molar-refractivity contribution in [1.82, 2.24) is 0 Å². The zero-order chi connectivity index (χ0) is 22.8. The molecule has 2 aromatic rings. The molecule has 166 valence electrons. The van der Waals surface area contributed by atoms with Crippen LogP contribution >= 0.6 is 11.6 Å². The van der Waals surface area contributed by atoms with Crippen LogP contribution in [0.4, 0.5) is 5.69 Å². The molecule has 0 aromatic heterocycles. The zero-order valence-electron chi connectivity index (χ0n) is 18.9. The Balaban J connectivity index is 1.75. The molecule has 2 aliphatic heterocycles. The van der Waals surface area contributed by atoms with Crippen LogP contribution in [0, 0.1) is 0 Å². The molecule has 0 spiro atoms. The molecule has 0 unspecified atom stereocenters. The first-order valence-electron chi connectivity index (χ1n) is 10.5. The van der Waals surface area contributed by atoms with E-state index in [4.69, 9.17) is 20.9 Å². The summed E-state index contributed by atoms with van der Waals surface area (Å²) in [6.45, 7) is 12.5. The minimum Gasteiger partial charge on any atom is -0.399 e. The second kappa shape index (κ2) is 7.24. The lowest BCUT2D eigenvalue weighted by Gasteiger charge is -2.39. The van der Waals surface area contributed by atoms with Crippen molar-refractivity contribution in [3.8, 4) is 0 Å². The Kier molecular flexibility index (Phi) is 5.29. The van der Waals surface area contributed by atoms with E-state index in [-0.39, 0.29) is 10.3 Å². The van der Waals surface area contributed by atoms with Gasteiger partial charge in [0, 0.05) is 17.0 Å². The second-order valence-electron chi connectivity index (χ2n) is 10.00. The normalized spacial score (nSPS) is 21.8. The number of hydrogen-bond donors (Lipinski definition) is 0. The van der Waals surface area contributed by atoms with Crippen LogP contribution in [0.25, 0.3) is 0 Å². The van der Waals surface area contributed by atoms with Gasteiger partial charge in [-0.25, -0.2) is 8.42 Å². The van der Waals surface area contributed by atoms with Gasteiger partial charge in [-0.05, 0) is 69.4 Å². The summed E-state index contributed by atoms with van der Waals surface area (Å²) >= 11 is 6.45. The van der Waals surface area contributed by atoms with Crippen LogP contribution in [0.15, 0.2) is 47.4 Å². The van der Waals surface area contributed by atoms with Crippen molar-refractivity contribution in [1.29, 1.82) is 0 Å². The van der Waals surface area contributed by atoms with Crippen molar-refractivity contribution >= 4 is 39.9 Å². The van der Waals surface area contributed by atoms with E-state index in [2.05, 4.69) is 13.8 Å². The van der Waals surface area contributed by atoms with Crippen LogP contribution in [-0.4, -0.2) is 33.3 Å². The molecule has 2 aliphatic rings. The largest absolute Gasteiger partial charge is 0.496 e. The van der Waals surface area contributed by atoms with Crippen molar-refractivity contribution in [2.75, 3.05) is 10.8 Å². The van der Waals surface area contributed by atoms with E-state index in [0.717, 1.165) is 17.7 Å². The Hall–Kier alpha value is -1.54. The summed E-state index contributed by atoms with van der Waals surface area (Å²) in [5.74, 6) is 0. The maximum atomic E-state index is 13.7. The molecule has 5 nitrogen and oxygen atoms in total. The fraction of sp³-hybridized carbons (Fsp3) is 0.478. The lowest BCUT2D eigenvalue weighted by Crippen LogP contribution is -2.41. The first-order chi connectivity index (χ1) is 14.3. The summed E-state index contributed by atoms with van der Waals surface area (Å²) in [5, 5.41) is 0.414. The standard InChI is InChI=1S/C23H29BClNO4S/c1-21(2)13-14-26(20-10-8-7-9-17(20)21)31(27,28)16-11-12-19(25)18(15-16)24-29-22(3,4)23(5,6)30-24/h7-12,15H,13-14H2,1-6H3. The highest BCUT2D eigenvalue weighted by atomic mass is 35.5. The number of fused-ring (bicyclic) bond motifs is 1. The zero-order valence-corrected chi connectivity index (χ0v) is 20.5. The van der Waals surface area contributed by atoms with Gasteiger partial charge in [0.2, 0.25) is 0 Å². The lowest BCUT2D eigenvalue weighted by molar-refractivity contribution is 0.00578. The van der Waals surface area contributed by atoms with Crippen LogP contribution in [0.5, 0.6) is 0 Å². The molecule has 0 aliphatic carbocycles. The topological polar surface area (TPSA) is 55.8 Å². The SMILES string of the molecule is CC1(C)CCN(S(=O)(=O)c2ccc(Cl)c(B3OC(C)(C)C(C)(C)O3)c2)c2ccccc21. The fourth-order valence-electron chi connectivity index (χ4n) is 4.11. The first-order valence-corrected chi connectivity index (χ1v) is 12.4. The van der Waals surface area contributed by atoms with Gasteiger partial charge in [-0.1, -0.05) is 43.6 Å². The second-order valence-corrected chi connectivity index (χ2v) is 12.3. The average Bonchev–Trinajstić information content (AvgIpc) is 2.89. The molecule has 2 heterocycles. The van der Waals surface area contributed by atoms with E-state index < -0.39 is 28.3 Å². The van der Waals surface area contributed by atoms with E-state index in [0.29, 0.717) is 17.0 Å². The molecule has 1 fully saturated rings. The molecule has 8 heteroatoms. The number of hydrogen-bond acceptors (Lipinski definition) is 4. The highest BCUT2D eigenvalue weighted by molar-refractivity contribution is 7.92. The molecule has 0 radical (unpaired) electrons. The number of benzene rings is 2. The van der Waals surface area contributed by atoms with E-state index in [9.17, 15) is 8.42 Å². The Labute approximate surface area is 190 Å². The van der Waals surface area contributed by atoms with Gasteiger partial charge in [-0.2, -0.15) is 0 Å². The van der Waals surface area contributed by atoms with E-state index in [1.54, 1.807) is 18.2 Å². The smallest absolute Gasteiger partial charge is 0.399 e. The van der Waals surface area contributed by atoms with Crippen molar-refractivity contribution in [3.05, 3.63) is 53.1 Å². The molecule has 31 heavy (non-hydrogen) atoms. The molecular formula is C23H29BClNO4S. The number of para-hydroxylation sites is 1. The minimum absolute atomic E-state index is 0.0868. The van der Waals surface area contributed by atoms with Crippen LogP contribution in [-0.2, 0) is 24.7 Å². The monoisotopic (exact) mass is 461 g/mol. The minimum atomic E-state index is -3.79. The summed E-state index contributed by atoms with van der Waals surface area (Å²) in [6, 6.07) is 12.5. The Bertz CT molecular complexity index is 1110. The lowest BCUT2D eigenvalue weighted by atomic mass is 9.78. The van der Waals surface area contributed by atoms with Crippen molar-refractivity contribution in [3.63, 3.8) is 0 Å². The number of sulfonamides is 1. The third kappa shape index (κ3) is 3.69. The molecule has 4 rings (SSSR count). The quantitative estimate of drug-likeness (QED) is 0.631. The van der Waals surface area contributed by atoms with E-state index in [1.165, 1.54) is 4.31 Å². The van der Waals surface area contributed by atoms with Gasteiger partial charge in [0.25, 0.3) is 10.0 Å². The van der Waals surface area contributed by atoms with Crippen molar-refractivity contribution in [2.24, 2.45) is 0 Å². The van der Waals surface area contributed by atoms with Gasteiger partial charge < -0.3 is 9.31 Å². The summed E-state index contributed by atoms with van der Waals surface area (Å²) in [4.78, 5) is 0.177. The maximum Gasteiger partial charge on any atom is 0.496 e. The number of halogens is 1. The molecule has 2 aromatic carbocycles. The van der Waals surface area contributed by atoms with Gasteiger partial charge in [-0.15, -0.1) is 0 Å². The van der Waals surface area contributed by atoms with Crippen LogP contribution in [0.1, 0.15) is 53.5 Å². The maximum absolute atomic E-state index is 13.7. The fourth-order valence-corrected chi connectivity index (χ4v) is 5.84. The van der Waals surface area contributed by atoms with Crippen molar-refractivity contribution in [2.45, 2.75) is 69.5 Å². The van der Waals surface area contributed by atoms with E-state index in [1.807, 2.05) is 52.0 Å². The summed E-state index contributed by atoms with van der Waals surface area (Å²) in [6.07, 6.45) is 0.737. The number of anilines is 1. The molecule has 0 N–H and O–H groups in total. The highest BCUT2D eigenvalue weighted by Crippen LogP contribution is 2.42. The van der Waals surface area contributed by atoms with Gasteiger partial charge in [0.15, 0.2) is 0 Å². The van der Waals surface area contributed by atoms with E-state index >= 15 is 0 Å². The third-order valence-electron chi connectivity index (χ3n) is 6.90. The van der Waals surface area contributed by atoms with Crippen LogP contribution in [0.2, 0.25) is 5.02 Å². The van der Waals surface area contributed by atoms with Gasteiger partial charge in [-0.3, -0.25) is 4.31 Å². The predicted molar refractivity (Wildman–Crippen MR) is 126 cm³/mol. The summed E-state index contributed by atoms with van der Waals surface area (Å²) in [7, 11) is -4.52. The Morgan fingerprint density at radius 3 is 2.23 bits per heavy atom. The highest BCUT2D eigenvalue weighted by Gasteiger charge is 2.52. The van der Waals surface area contributed by atoms with Crippen LogP contribution < -0.4 is 9.77 Å². The molecule has 0 bridgehead atoms. The summed E-state index contributed by atoms with van der Waals surface area (Å²) in [5.41, 5.74) is 1.10. The molecular weight excluding hydrogens is 433 g/mol. The van der Waals surface area contributed by atoms with Crippen molar-refractivity contribution < 1.29 is 17.7 Å². The summed E-state index contributed by atoms with van der Waals surface area (Å²) < 4.78 is 41.1. The molecule has 0 amide bonds. The van der Waals surface area contributed by atoms with Gasteiger partial charge in [0.1, 0.15) is 0 Å². The molecule has 0 atom stereocenters. The third-order valence-corrected chi connectivity index (χ3v) is 9.06. The van der Waals surface area contributed by atoms with Gasteiger partial charge in [0.05, 0.1) is 21.8 Å². The Morgan fingerprint density at radius 2 is 1.58 bits per heavy atom. The van der Waals surface area contributed by atoms with Gasteiger partial charge >= 0.3 is 7.12 Å². The van der Waals surface area contributed by atoms with Crippen LogP contribution in [0.3, 0.4) is 0 Å². The predicted octanol–water partition coefficient (Wildman–Crippen LogP) is 4.52. The number of rotatable bonds is 3. The Morgan fingerprint density at radius 1 is 0.968 bits per heavy atom. The average molecular weight is 462 g/mol. The molecule has 1 saturated heterocycles. The first kappa shape index (κ1) is 22.7. The molecule has 0 saturated carbocycles. The number of nitrogens with zero attached hydrogens (tertiary/aromatic N) is 1.